The van der Waals surface area contributed by atoms with Crippen molar-refractivity contribution in [3.8, 4) is 0 Å². The molecule has 0 bridgehead atoms. The first-order chi connectivity index (χ1) is 7.79. The largest absolute Gasteiger partial charge is 0.397 e. The van der Waals surface area contributed by atoms with Crippen LogP contribution >= 0.6 is 0 Å². The highest BCUT2D eigenvalue weighted by Gasteiger charge is 2.26. The highest BCUT2D eigenvalue weighted by molar-refractivity contribution is 6.72. The summed E-state index contributed by atoms with van der Waals surface area (Å²) < 4.78 is 12.4. The van der Waals surface area contributed by atoms with E-state index in [9.17, 15) is 0 Å². The summed E-state index contributed by atoms with van der Waals surface area (Å²) in [6, 6.07) is 0. The number of rotatable bonds is 6. The molecule has 0 saturated heterocycles. The molecule has 0 atom stereocenters. The molecule has 0 amide bonds. The molecular weight excluding hydrogens is 272 g/mol. The Hall–Kier alpha value is 0.311. The molecule has 0 unspecified atom stereocenters. The molecule has 0 aromatic heterocycles. The lowest BCUT2D eigenvalue weighted by Crippen LogP contribution is -2.42. The molecule has 0 radical (unpaired) electrons. The smallest absolute Gasteiger partial charge is 0.186 e. The summed E-state index contributed by atoms with van der Waals surface area (Å²) >= 11 is 0. The van der Waals surface area contributed by atoms with E-state index >= 15 is 0 Å². The van der Waals surface area contributed by atoms with Gasteiger partial charge in [0.25, 0.3) is 0 Å². The van der Waals surface area contributed by atoms with Gasteiger partial charge < -0.3 is 8.85 Å². The quantitative estimate of drug-likeness (QED) is 0.550. The summed E-state index contributed by atoms with van der Waals surface area (Å²) in [5.41, 5.74) is 2.60. The highest BCUT2D eigenvalue weighted by Crippen LogP contribution is 2.16. The minimum atomic E-state index is -1.52. The van der Waals surface area contributed by atoms with Gasteiger partial charge in [-0.3, -0.25) is 0 Å². The normalized spacial score (nSPS) is 15.4. The van der Waals surface area contributed by atoms with Crippen LogP contribution in [0.3, 0.4) is 0 Å². The average Bonchev–Trinajstić information content (AvgIpc) is 1.93. The summed E-state index contributed by atoms with van der Waals surface area (Å²) in [6.45, 7) is 20.1. The third-order valence-electron chi connectivity index (χ3n) is 1.92. The van der Waals surface area contributed by atoms with Crippen LogP contribution in [0.4, 0.5) is 0 Å². The number of allylic oxidation sites excluding steroid dienone is 1. The Labute approximate surface area is 118 Å². The van der Waals surface area contributed by atoms with Crippen molar-refractivity contribution in [2.75, 3.05) is 0 Å². The molecule has 108 valence electrons. The van der Waals surface area contributed by atoms with Crippen molar-refractivity contribution in [3.63, 3.8) is 0 Å². The van der Waals surface area contributed by atoms with Gasteiger partial charge in [0.15, 0.2) is 16.6 Å². The van der Waals surface area contributed by atoms with Crippen molar-refractivity contribution in [3.05, 3.63) is 11.8 Å². The molecule has 0 aliphatic carbocycles. The third-order valence-corrected chi connectivity index (χ3v) is 5.75. The van der Waals surface area contributed by atoms with Crippen LogP contribution in [-0.4, -0.2) is 32.1 Å². The maximum absolute atomic E-state index is 6.19. The third kappa shape index (κ3) is 12.8. The predicted molar refractivity (Wildman–Crippen MR) is 89.8 cm³/mol. The lowest BCUT2D eigenvalue weighted by Gasteiger charge is -2.31. The summed E-state index contributed by atoms with van der Waals surface area (Å²) in [4.78, 5) is 0. The molecule has 0 saturated carbocycles. The Morgan fingerprint density at radius 3 is 1.56 bits per heavy atom. The van der Waals surface area contributed by atoms with Crippen molar-refractivity contribution in [2.45, 2.75) is 66.0 Å². The summed E-state index contributed by atoms with van der Waals surface area (Å²) in [7, 11) is -3.51. The van der Waals surface area contributed by atoms with Crippen LogP contribution in [0.15, 0.2) is 11.8 Å². The molecule has 0 spiro atoms. The van der Waals surface area contributed by atoms with Crippen LogP contribution in [0.1, 0.15) is 20.8 Å². The van der Waals surface area contributed by atoms with Gasteiger partial charge in [0.2, 0.25) is 0 Å². The Bertz CT molecular complexity index is 253. The first-order valence-corrected chi connectivity index (χ1v) is 15.3. The fourth-order valence-corrected chi connectivity index (χ4v) is 8.05. The zero-order valence-corrected chi connectivity index (χ0v) is 17.2. The Balaban J connectivity index is 4.54. The second kappa shape index (κ2) is 6.65. The maximum Gasteiger partial charge on any atom is 0.186 e. The maximum atomic E-state index is 6.19. The van der Waals surface area contributed by atoms with Gasteiger partial charge >= 0.3 is 0 Å². The number of hydrogen-bond donors (Lipinski definition) is 0. The first-order valence-electron chi connectivity index (χ1n) is 6.82. The van der Waals surface area contributed by atoms with E-state index in [0.717, 1.165) is 0 Å². The fourth-order valence-electron chi connectivity index (χ4n) is 1.44. The SMILES string of the molecule is CC(C)(C)C=C[SiH2]C(O[Si](C)(C)C)O[Si](C)(C)C. The molecule has 2 nitrogen and oxygen atoms in total. The van der Waals surface area contributed by atoms with Gasteiger partial charge in [-0.15, -0.1) is 0 Å². The van der Waals surface area contributed by atoms with E-state index in [1.807, 2.05) is 0 Å². The van der Waals surface area contributed by atoms with Crippen LogP contribution < -0.4 is 0 Å². The highest BCUT2D eigenvalue weighted by atomic mass is 28.4. The lowest BCUT2D eigenvalue weighted by molar-refractivity contribution is 0.0618. The molecule has 0 heterocycles. The summed E-state index contributed by atoms with van der Waals surface area (Å²) in [5, 5.41) is 0. The van der Waals surface area contributed by atoms with Gasteiger partial charge in [-0.2, -0.15) is 0 Å². The molecule has 0 aliphatic rings. The second-order valence-electron chi connectivity index (χ2n) is 7.89. The van der Waals surface area contributed by atoms with Crippen LogP contribution in [-0.2, 0) is 8.85 Å². The van der Waals surface area contributed by atoms with E-state index in [-0.39, 0.29) is 11.3 Å². The average molecular weight is 305 g/mol. The minimum absolute atomic E-state index is 0.0712. The van der Waals surface area contributed by atoms with Gasteiger partial charge in [0.05, 0.1) is 0 Å². The van der Waals surface area contributed by atoms with E-state index in [4.69, 9.17) is 8.85 Å². The van der Waals surface area contributed by atoms with Crippen LogP contribution in [0.5, 0.6) is 0 Å². The molecule has 0 rings (SSSR count). The Morgan fingerprint density at radius 2 is 1.28 bits per heavy atom. The predicted octanol–water partition coefficient (Wildman–Crippen LogP) is 3.70. The lowest BCUT2D eigenvalue weighted by atomic mass is 9.98. The molecule has 0 N–H and O–H groups in total. The summed E-state index contributed by atoms with van der Waals surface area (Å²) in [6.07, 6.45) is 2.30. The van der Waals surface area contributed by atoms with Crippen molar-refractivity contribution < 1.29 is 8.85 Å². The molecule has 0 aliphatic heterocycles. The van der Waals surface area contributed by atoms with Crippen molar-refractivity contribution in [1.29, 1.82) is 0 Å². The van der Waals surface area contributed by atoms with E-state index < -0.39 is 26.2 Å². The standard InChI is InChI=1S/C13H32O2Si3/c1-13(2,3)10-11-16-12(14-17(4,5)6)15-18(7,8)9/h10-12H,16H2,1-9H3. The van der Waals surface area contributed by atoms with Gasteiger partial charge in [-0.1, -0.05) is 32.5 Å². The monoisotopic (exact) mass is 304 g/mol. The zero-order chi connectivity index (χ0) is 14.6. The van der Waals surface area contributed by atoms with Crippen molar-refractivity contribution in [2.24, 2.45) is 5.41 Å². The molecule has 0 aromatic carbocycles. The Kier molecular flexibility index (Phi) is 6.77. The number of hydrogen-bond acceptors (Lipinski definition) is 2. The van der Waals surface area contributed by atoms with Crippen LogP contribution in [0, 0.1) is 5.41 Å². The van der Waals surface area contributed by atoms with E-state index in [2.05, 4.69) is 71.8 Å². The van der Waals surface area contributed by atoms with Crippen LogP contribution in [0.25, 0.3) is 0 Å². The molecule has 0 fully saturated rings. The first kappa shape index (κ1) is 18.3. The Morgan fingerprint density at radius 1 is 0.889 bits per heavy atom. The molecular formula is C13H32O2Si3. The van der Waals surface area contributed by atoms with Crippen molar-refractivity contribution >= 4 is 26.2 Å². The minimum Gasteiger partial charge on any atom is -0.397 e. The zero-order valence-electron chi connectivity index (χ0n) is 13.8. The van der Waals surface area contributed by atoms with Gasteiger partial charge in [0, 0.05) is 0 Å². The fraction of sp³-hybridized carbons (Fsp3) is 0.846. The van der Waals surface area contributed by atoms with Gasteiger partial charge in [0.1, 0.15) is 15.4 Å². The molecule has 0 aromatic rings. The molecule has 5 heteroatoms. The van der Waals surface area contributed by atoms with Crippen molar-refractivity contribution in [1.82, 2.24) is 0 Å². The van der Waals surface area contributed by atoms with Crippen LogP contribution in [0.2, 0.25) is 39.3 Å². The summed E-state index contributed by atoms with van der Waals surface area (Å²) in [5.74, 6) is 0.0712. The molecule has 18 heavy (non-hydrogen) atoms. The van der Waals surface area contributed by atoms with Gasteiger partial charge in [-0.05, 0) is 44.7 Å². The van der Waals surface area contributed by atoms with E-state index in [0.29, 0.717) is 0 Å². The topological polar surface area (TPSA) is 18.5 Å². The second-order valence-corrected chi connectivity index (χ2v) is 18.4. The van der Waals surface area contributed by atoms with E-state index in [1.165, 1.54) is 0 Å². The van der Waals surface area contributed by atoms with E-state index in [1.54, 1.807) is 0 Å². The van der Waals surface area contributed by atoms with Gasteiger partial charge in [-0.25, -0.2) is 0 Å².